The van der Waals surface area contributed by atoms with Gasteiger partial charge in [-0.2, -0.15) is 0 Å². The molecule has 0 amide bonds. The molecule has 8 heavy (non-hydrogen) atoms. The van der Waals surface area contributed by atoms with Gasteiger partial charge < -0.3 is 0 Å². The van der Waals surface area contributed by atoms with Gasteiger partial charge in [0, 0.05) is 11.5 Å². The topological polar surface area (TPSA) is 0 Å². The highest BCUT2D eigenvalue weighted by Crippen LogP contribution is 2.43. The Kier molecular flexibility index (Phi) is 2.57. The summed E-state index contributed by atoms with van der Waals surface area (Å²) >= 11 is 4.06. The largest absolute Gasteiger partial charge is 0.141 e. The first-order valence-electron chi connectivity index (χ1n) is 2.93. The van der Waals surface area contributed by atoms with Gasteiger partial charge in [-0.1, -0.05) is 13.8 Å². The Morgan fingerprint density at radius 1 is 1.25 bits per heavy atom. The summed E-state index contributed by atoms with van der Waals surface area (Å²) in [6.07, 6.45) is 0. The van der Waals surface area contributed by atoms with E-state index in [0.29, 0.717) is 0 Å². The van der Waals surface area contributed by atoms with E-state index in [1.54, 1.807) is 4.58 Å². The van der Waals surface area contributed by atoms with Crippen molar-refractivity contribution in [1.29, 1.82) is 0 Å². The molecule has 0 aromatic heterocycles. The van der Waals surface area contributed by atoms with E-state index in [4.69, 9.17) is 0 Å². The van der Waals surface area contributed by atoms with Gasteiger partial charge in [-0.05, 0) is 5.92 Å². The molecule has 47 valence electrons. The van der Waals surface area contributed by atoms with Gasteiger partial charge in [0.2, 0.25) is 0 Å². The Labute approximate surface area is 59.8 Å². The lowest BCUT2D eigenvalue weighted by molar-refractivity contribution is 0.796. The number of hydrogen-bond donors (Lipinski definition) is 0. The van der Waals surface area contributed by atoms with Crippen molar-refractivity contribution in [2.75, 3.05) is 11.5 Å². The van der Waals surface area contributed by atoms with Crippen LogP contribution in [0.2, 0.25) is 0 Å². The van der Waals surface area contributed by atoms with E-state index in [1.807, 2.05) is 23.5 Å². The van der Waals surface area contributed by atoms with E-state index in [9.17, 15) is 0 Å². The van der Waals surface area contributed by atoms with Crippen molar-refractivity contribution in [1.82, 2.24) is 0 Å². The standard InChI is InChI=1S/C6H11S2/c1-5(2)6-7-3-4-8-6/h5H,3-4H2,1-2H3. The smallest absolute Gasteiger partial charge is 0.0873 e. The summed E-state index contributed by atoms with van der Waals surface area (Å²) in [4.78, 5) is 0. The molecule has 0 N–H and O–H groups in total. The predicted molar refractivity (Wildman–Crippen MR) is 43.0 cm³/mol. The number of thioether (sulfide) groups is 2. The summed E-state index contributed by atoms with van der Waals surface area (Å²) in [7, 11) is 0. The third-order valence-corrected chi connectivity index (χ3v) is 4.34. The molecule has 0 aliphatic carbocycles. The predicted octanol–water partition coefficient (Wildman–Crippen LogP) is 2.61. The van der Waals surface area contributed by atoms with E-state index in [2.05, 4.69) is 13.8 Å². The van der Waals surface area contributed by atoms with Crippen LogP contribution in [0.15, 0.2) is 0 Å². The van der Waals surface area contributed by atoms with Gasteiger partial charge in [-0.25, -0.2) is 0 Å². The highest BCUT2D eigenvalue weighted by Gasteiger charge is 2.19. The second-order valence-electron chi connectivity index (χ2n) is 2.17. The minimum atomic E-state index is 0.785. The minimum Gasteiger partial charge on any atom is -0.141 e. The van der Waals surface area contributed by atoms with E-state index in [-0.39, 0.29) is 0 Å². The van der Waals surface area contributed by atoms with Crippen molar-refractivity contribution < 1.29 is 0 Å². The maximum absolute atomic E-state index is 2.26. The molecule has 1 aliphatic rings. The minimum absolute atomic E-state index is 0.785. The van der Waals surface area contributed by atoms with Crippen LogP contribution in [0.3, 0.4) is 0 Å². The molecule has 0 nitrogen and oxygen atoms in total. The molecule has 0 spiro atoms. The molecular formula is C6H11S2. The fourth-order valence-corrected chi connectivity index (χ4v) is 3.23. The molecule has 0 saturated carbocycles. The first-order valence-corrected chi connectivity index (χ1v) is 4.90. The van der Waals surface area contributed by atoms with Crippen molar-refractivity contribution in [3.05, 3.63) is 4.58 Å². The summed E-state index contributed by atoms with van der Waals surface area (Å²) in [5.74, 6) is 3.45. The van der Waals surface area contributed by atoms with Gasteiger partial charge in [-0.3, -0.25) is 0 Å². The molecular weight excluding hydrogens is 136 g/mol. The van der Waals surface area contributed by atoms with E-state index >= 15 is 0 Å². The lowest BCUT2D eigenvalue weighted by atomic mass is 10.3. The molecule has 2 heteroatoms. The quantitative estimate of drug-likeness (QED) is 0.559. The number of hydrogen-bond acceptors (Lipinski definition) is 2. The monoisotopic (exact) mass is 147 g/mol. The van der Waals surface area contributed by atoms with Crippen molar-refractivity contribution in [3.63, 3.8) is 0 Å². The molecule has 0 aromatic carbocycles. The fraction of sp³-hybridized carbons (Fsp3) is 0.833. The lowest BCUT2D eigenvalue weighted by Crippen LogP contribution is -1.91. The van der Waals surface area contributed by atoms with Crippen LogP contribution < -0.4 is 0 Å². The summed E-state index contributed by atoms with van der Waals surface area (Å²) in [5, 5.41) is 0. The normalized spacial score (nSPS) is 22.9. The SMILES string of the molecule is CC(C)[C]1SCCS1. The highest BCUT2D eigenvalue weighted by atomic mass is 32.2. The Balaban J connectivity index is 2.24. The Hall–Kier alpha value is 0.700. The zero-order valence-corrected chi connectivity index (χ0v) is 6.94. The average Bonchev–Trinajstić information content (AvgIpc) is 2.12. The Bertz CT molecular complexity index is 64.9. The van der Waals surface area contributed by atoms with Crippen LogP contribution in [-0.2, 0) is 0 Å². The third-order valence-electron chi connectivity index (χ3n) is 1.04. The number of rotatable bonds is 1. The molecule has 0 unspecified atom stereocenters. The molecule has 0 aromatic rings. The van der Waals surface area contributed by atoms with Gasteiger partial charge in [0.25, 0.3) is 0 Å². The highest BCUT2D eigenvalue weighted by molar-refractivity contribution is 8.23. The maximum atomic E-state index is 2.26. The van der Waals surface area contributed by atoms with Crippen LogP contribution >= 0.6 is 23.5 Å². The molecule has 1 saturated heterocycles. The Morgan fingerprint density at radius 2 is 1.75 bits per heavy atom. The maximum Gasteiger partial charge on any atom is 0.0873 e. The van der Waals surface area contributed by atoms with Crippen LogP contribution in [0, 0.1) is 10.5 Å². The first kappa shape index (κ1) is 6.81. The molecule has 1 rings (SSSR count). The molecule has 1 fully saturated rings. The summed E-state index contributed by atoms with van der Waals surface area (Å²) in [5.41, 5.74) is 0. The van der Waals surface area contributed by atoms with Crippen molar-refractivity contribution in [2.45, 2.75) is 13.8 Å². The van der Waals surface area contributed by atoms with Gasteiger partial charge in [0.05, 0.1) is 4.58 Å². The second kappa shape index (κ2) is 3.02. The van der Waals surface area contributed by atoms with Crippen LogP contribution in [0.4, 0.5) is 0 Å². The van der Waals surface area contributed by atoms with Gasteiger partial charge in [0.15, 0.2) is 0 Å². The van der Waals surface area contributed by atoms with Crippen molar-refractivity contribution in [2.24, 2.45) is 5.92 Å². The summed E-state index contributed by atoms with van der Waals surface area (Å²) < 4.78 is 1.63. The summed E-state index contributed by atoms with van der Waals surface area (Å²) in [6, 6.07) is 0. The molecule has 0 bridgehead atoms. The van der Waals surface area contributed by atoms with E-state index < -0.39 is 0 Å². The lowest BCUT2D eigenvalue weighted by Gasteiger charge is -2.08. The van der Waals surface area contributed by atoms with E-state index in [0.717, 1.165) is 5.92 Å². The molecule has 1 radical (unpaired) electrons. The average molecular weight is 147 g/mol. The summed E-state index contributed by atoms with van der Waals surface area (Å²) in [6.45, 7) is 4.53. The van der Waals surface area contributed by atoms with Crippen molar-refractivity contribution in [3.8, 4) is 0 Å². The zero-order valence-electron chi connectivity index (χ0n) is 5.31. The Morgan fingerprint density at radius 3 is 2.00 bits per heavy atom. The van der Waals surface area contributed by atoms with Gasteiger partial charge in [0.1, 0.15) is 0 Å². The van der Waals surface area contributed by atoms with Crippen LogP contribution in [0.5, 0.6) is 0 Å². The second-order valence-corrected chi connectivity index (χ2v) is 4.70. The van der Waals surface area contributed by atoms with Crippen LogP contribution in [0.25, 0.3) is 0 Å². The first-order chi connectivity index (χ1) is 3.80. The van der Waals surface area contributed by atoms with Crippen molar-refractivity contribution >= 4 is 23.5 Å². The molecule has 0 atom stereocenters. The molecule has 1 heterocycles. The molecule has 1 aliphatic heterocycles. The van der Waals surface area contributed by atoms with Crippen LogP contribution in [0.1, 0.15) is 13.8 Å². The van der Waals surface area contributed by atoms with Gasteiger partial charge in [-0.15, -0.1) is 23.5 Å². The van der Waals surface area contributed by atoms with Gasteiger partial charge >= 0.3 is 0 Å². The van der Waals surface area contributed by atoms with Crippen LogP contribution in [-0.4, -0.2) is 11.5 Å². The third kappa shape index (κ3) is 1.59. The zero-order chi connectivity index (χ0) is 5.98. The van der Waals surface area contributed by atoms with E-state index in [1.165, 1.54) is 11.5 Å². The fourth-order valence-electron chi connectivity index (χ4n) is 0.660.